The Morgan fingerprint density at radius 1 is 1.67 bits per heavy atom. The molecule has 0 aromatic rings. The van der Waals surface area contributed by atoms with E-state index >= 15 is 0 Å². The maximum Gasteiger partial charge on any atom is 0.129 e. The van der Waals surface area contributed by atoms with Gasteiger partial charge in [0.05, 0.1) is 6.46 Å². The first-order chi connectivity index (χ1) is 2.56. The van der Waals surface area contributed by atoms with E-state index in [0.29, 0.717) is 0 Å². The first-order valence-corrected chi connectivity index (χ1v) is 6.18. The zero-order valence-electron chi connectivity index (χ0n) is 2.46. The highest BCUT2D eigenvalue weighted by Crippen LogP contribution is 2.03. The second kappa shape index (κ2) is 2.98. The Balaban J connectivity index is 3.85. The van der Waals surface area contributed by atoms with Gasteiger partial charge in [-0.3, -0.25) is 0 Å². The molecular formula is HIOS4. The van der Waals surface area contributed by atoms with E-state index in [1.54, 1.807) is 23.0 Å². The van der Waals surface area contributed by atoms with Crippen LogP contribution in [0.5, 0.6) is 0 Å². The maximum atomic E-state index is 4.52. The van der Waals surface area contributed by atoms with Crippen molar-refractivity contribution >= 4 is 63.5 Å². The zero-order valence-corrected chi connectivity index (χ0v) is 7.96. The molecule has 0 saturated carbocycles. The van der Waals surface area contributed by atoms with Gasteiger partial charge in [0.15, 0.2) is 0 Å². The van der Waals surface area contributed by atoms with Gasteiger partial charge in [0.25, 0.3) is 0 Å². The summed E-state index contributed by atoms with van der Waals surface area (Å²) in [5, 5.41) is 0. The normalized spacial score (nSPS) is 11.7. The molecule has 0 bridgehead atoms. The highest BCUT2D eigenvalue weighted by atomic mass is 127. The van der Waals surface area contributed by atoms with Crippen molar-refractivity contribution in [2.45, 2.75) is 0 Å². The third-order valence-corrected chi connectivity index (χ3v) is 4.81. The van der Waals surface area contributed by atoms with Crippen molar-refractivity contribution in [2.75, 3.05) is 0 Å². The van der Waals surface area contributed by atoms with Crippen molar-refractivity contribution in [1.29, 1.82) is 0 Å². The molecule has 0 heterocycles. The van der Waals surface area contributed by atoms with Crippen LogP contribution in [0.3, 0.4) is 0 Å². The monoisotopic (exact) mass is 272 g/mol. The van der Waals surface area contributed by atoms with E-state index in [1.807, 2.05) is 0 Å². The van der Waals surface area contributed by atoms with E-state index in [1.165, 1.54) is 0 Å². The van der Waals surface area contributed by atoms with Gasteiger partial charge in [0.1, 0.15) is 23.0 Å². The Labute approximate surface area is 65.3 Å². The lowest BCUT2D eigenvalue weighted by atomic mass is 15.9. The van der Waals surface area contributed by atoms with Crippen LogP contribution >= 0.6 is 34.7 Å². The minimum absolute atomic E-state index is 1.65. The van der Waals surface area contributed by atoms with Crippen molar-refractivity contribution < 1.29 is 2.51 Å². The molecule has 0 aliphatic rings. The van der Waals surface area contributed by atoms with Gasteiger partial charge < -0.3 is 0 Å². The van der Waals surface area contributed by atoms with Gasteiger partial charge in [-0.1, -0.05) is 11.7 Å². The average molecular weight is 272 g/mol. The summed E-state index contributed by atoms with van der Waals surface area (Å²) in [5.41, 5.74) is 0. The number of hydrogen-bond donors (Lipinski definition) is 1. The van der Waals surface area contributed by atoms with Crippen molar-refractivity contribution in [3.8, 4) is 0 Å². The molecule has 0 aromatic carbocycles. The van der Waals surface area contributed by atoms with Crippen LogP contribution in [0.1, 0.15) is 0 Å². The number of halogens is 1. The van der Waals surface area contributed by atoms with Crippen LogP contribution in [0.4, 0.5) is 0 Å². The molecule has 38 valence electrons. The molecule has 6 heteroatoms. The maximum absolute atomic E-state index is 4.52. The van der Waals surface area contributed by atoms with Crippen LogP contribution in [-0.4, -0.2) is 0 Å². The van der Waals surface area contributed by atoms with Gasteiger partial charge in [0.2, 0.25) is 0 Å². The van der Waals surface area contributed by atoms with E-state index in [9.17, 15) is 0 Å². The molecule has 0 N–H and O–H groups in total. The SMILES string of the molecule is S=S(=S)(S)OI. The molecule has 0 atom stereocenters. The first-order valence-electron chi connectivity index (χ1n) is 0.837. The summed E-state index contributed by atoms with van der Waals surface area (Å²) < 4.78 is 4.48. The standard InChI is InChI=1S/HIOS4/c1-2-6(3,4)5/h(H,3,4,5). The lowest BCUT2D eigenvalue weighted by Crippen LogP contribution is -1.75. The second-order valence-electron chi connectivity index (χ2n) is 0.491. The Bertz CT molecular complexity index is 110. The largest absolute Gasteiger partial charge is 0.232 e. The quantitative estimate of drug-likeness (QED) is 0.436. The average Bonchev–Trinajstić information content (AvgIpc) is 1.35. The molecule has 0 aromatic heterocycles. The zero-order chi connectivity index (χ0) is 5.21. The number of rotatable bonds is 1. The molecule has 0 amide bonds. The summed E-state index contributed by atoms with van der Waals surface area (Å²) in [7, 11) is 0. The smallest absolute Gasteiger partial charge is 0.129 e. The molecule has 6 heavy (non-hydrogen) atoms. The highest BCUT2D eigenvalue weighted by molar-refractivity contribution is 14.1. The topological polar surface area (TPSA) is 9.23 Å². The fourth-order valence-electron chi connectivity index (χ4n) is 0. The Kier molecular flexibility index (Phi) is 3.89. The molecule has 1 nitrogen and oxygen atoms in total. The Hall–Kier alpha value is 1.83. The molecule has 0 rings (SSSR count). The van der Waals surface area contributed by atoms with Crippen molar-refractivity contribution in [3.05, 3.63) is 0 Å². The van der Waals surface area contributed by atoms with Crippen LogP contribution in [0.15, 0.2) is 0 Å². The highest BCUT2D eigenvalue weighted by Gasteiger charge is 1.83. The minimum Gasteiger partial charge on any atom is -0.232 e. The fraction of sp³-hybridized carbons (Fsp3) is 0. The van der Waals surface area contributed by atoms with Gasteiger partial charge in [-0.05, 0) is 22.4 Å². The van der Waals surface area contributed by atoms with Crippen LogP contribution in [0.2, 0.25) is 0 Å². The van der Waals surface area contributed by atoms with Gasteiger partial charge in [-0.2, -0.15) is 0 Å². The van der Waals surface area contributed by atoms with Crippen LogP contribution in [0, 0.1) is 0 Å². The minimum atomic E-state index is -1.81. The molecule has 0 aliphatic carbocycles. The third-order valence-electron chi connectivity index (χ3n) is 0.0796. The number of thiol groups is 1. The van der Waals surface area contributed by atoms with Crippen LogP contribution in [-0.2, 0) is 31.3 Å². The van der Waals surface area contributed by atoms with Crippen molar-refractivity contribution in [3.63, 3.8) is 0 Å². The van der Waals surface area contributed by atoms with Crippen molar-refractivity contribution in [2.24, 2.45) is 0 Å². The van der Waals surface area contributed by atoms with Crippen LogP contribution < -0.4 is 0 Å². The summed E-state index contributed by atoms with van der Waals surface area (Å²) >= 11 is 14.4. The van der Waals surface area contributed by atoms with E-state index in [2.05, 4.69) is 36.5 Å². The predicted octanol–water partition coefficient (Wildman–Crippen LogP) is 1.19. The molecule has 0 fully saturated rings. The summed E-state index contributed by atoms with van der Waals surface area (Å²) in [4.78, 5) is 0. The van der Waals surface area contributed by atoms with Gasteiger partial charge in [-0.15, -0.1) is 0 Å². The number of hydrogen-bond acceptors (Lipinski definition) is 3. The predicted molar refractivity (Wildman–Crippen MR) is 46.2 cm³/mol. The van der Waals surface area contributed by atoms with E-state index in [4.69, 9.17) is 0 Å². The lowest BCUT2D eigenvalue weighted by Gasteiger charge is -1.88. The summed E-state index contributed by atoms with van der Waals surface area (Å²) in [6.45, 7) is -1.81. The molecule has 0 radical (unpaired) electrons. The van der Waals surface area contributed by atoms with Gasteiger partial charge >= 0.3 is 0 Å². The fourth-order valence-corrected chi connectivity index (χ4v) is 0. The van der Waals surface area contributed by atoms with Crippen molar-refractivity contribution in [1.82, 2.24) is 0 Å². The third kappa shape index (κ3) is 5.83. The Morgan fingerprint density at radius 2 is 1.83 bits per heavy atom. The molecule has 0 aliphatic heterocycles. The van der Waals surface area contributed by atoms with Crippen LogP contribution in [0.25, 0.3) is 0 Å². The van der Waals surface area contributed by atoms with Gasteiger partial charge in [0, 0.05) is 0 Å². The van der Waals surface area contributed by atoms with E-state index in [-0.39, 0.29) is 0 Å². The second-order valence-corrected chi connectivity index (χ2v) is 9.03. The lowest BCUT2D eigenvalue weighted by molar-refractivity contribution is 0.848. The summed E-state index contributed by atoms with van der Waals surface area (Å²) in [6.07, 6.45) is 0. The first kappa shape index (κ1) is 7.83. The molecule has 0 unspecified atom stereocenters. The van der Waals surface area contributed by atoms with E-state index in [0.717, 1.165) is 0 Å². The Morgan fingerprint density at radius 3 is 1.83 bits per heavy atom. The summed E-state index contributed by atoms with van der Waals surface area (Å²) in [6, 6.07) is 0. The molecular weight excluding hydrogens is 271 g/mol. The van der Waals surface area contributed by atoms with E-state index < -0.39 is 6.46 Å². The van der Waals surface area contributed by atoms with Gasteiger partial charge in [-0.25, -0.2) is 2.51 Å². The summed E-state index contributed by atoms with van der Waals surface area (Å²) in [5.74, 6) is 0. The molecule has 0 spiro atoms. The molecule has 0 saturated heterocycles.